The maximum absolute atomic E-state index is 12.2. The molecule has 3 heterocycles. The zero-order chi connectivity index (χ0) is 13.9. The van der Waals surface area contributed by atoms with Gasteiger partial charge in [0.2, 0.25) is 0 Å². The molecule has 0 atom stereocenters. The Labute approximate surface area is 122 Å². The highest BCUT2D eigenvalue weighted by atomic mass is 79.9. The minimum absolute atomic E-state index is 0.237. The van der Waals surface area contributed by atoms with E-state index >= 15 is 0 Å². The van der Waals surface area contributed by atoms with Crippen molar-refractivity contribution in [1.29, 1.82) is 0 Å². The van der Waals surface area contributed by atoms with Gasteiger partial charge in [-0.1, -0.05) is 5.21 Å². The minimum Gasteiger partial charge on any atom is -0.327 e. The second-order valence-electron chi connectivity index (χ2n) is 4.19. The molecule has 0 N–H and O–H groups in total. The number of alkyl halides is 1. The maximum atomic E-state index is 12.2. The van der Waals surface area contributed by atoms with Crippen molar-refractivity contribution >= 4 is 27.1 Å². The van der Waals surface area contributed by atoms with E-state index in [9.17, 15) is 4.39 Å². The first-order valence-corrected chi connectivity index (χ1v) is 6.83. The van der Waals surface area contributed by atoms with Gasteiger partial charge < -0.3 is 4.57 Å². The first-order chi connectivity index (χ1) is 9.78. The lowest BCUT2D eigenvalue weighted by molar-refractivity contribution is 0.422. The van der Waals surface area contributed by atoms with E-state index in [4.69, 9.17) is 0 Å². The number of imidazole rings is 1. The van der Waals surface area contributed by atoms with Gasteiger partial charge in [-0.2, -0.15) is 0 Å². The Morgan fingerprint density at radius 3 is 2.95 bits per heavy atom. The van der Waals surface area contributed by atoms with E-state index in [0.29, 0.717) is 23.2 Å². The molecule has 0 bridgehead atoms. The Bertz CT molecular complexity index is 722. The fourth-order valence-electron chi connectivity index (χ4n) is 1.93. The SMILES string of the molecule is FCCn1cc(CCn2cnc3ncnc(Br)c32)nn1. The summed E-state index contributed by atoms with van der Waals surface area (Å²) >= 11 is 3.39. The molecular formula is C11H11BrFN7. The van der Waals surface area contributed by atoms with Crippen molar-refractivity contribution in [3.63, 3.8) is 0 Å². The molecule has 0 unspecified atom stereocenters. The molecule has 0 fully saturated rings. The highest BCUT2D eigenvalue weighted by Crippen LogP contribution is 2.18. The molecule has 0 aliphatic rings. The lowest BCUT2D eigenvalue weighted by atomic mass is 10.3. The third-order valence-electron chi connectivity index (χ3n) is 2.87. The number of aryl methyl sites for hydroxylation is 3. The van der Waals surface area contributed by atoms with Crippen LogP contribution in [0.3, 0.4) is 0 Å². The lowest BCUT2D eigenvalue weighted by Gasteiger charge is -2.02. The summed E-state index contributed by atoms with van der Waals surface area (Å²) in [7, 11) is 0. The van der Waals surface area contributed by atoms with Gasteiger partial charge in [-0.05, 0) is 15.9 Å². The number of nitrogens with zero attached hydrogens (tertiary/aromatic N) is 7. The van der Waals surface area contributed by atoms with Gasteiger partial charge in [-0.3, -0.25) is 0 Å². The lowest BCUT2D eigenvalue weighted by Crippen LogP contribution is -2.01. The average molecular weight is 340 g/mol. The molecule has 0 spiro atoms. The van der Waals surface area contributed by atoms with E-state index in [2.05, 4.69) is 41.2 Å². The summed E-state index contributed by atoms with van der Waals surface area (Å²) in [4.78, 5) is 12.4. The van der Waals surface area contributed by atoms with E-state index in [-0.39, 0.29) is 6.54 Å². The normalized spacial score (nSPS) is 11.3. The van der Waals surface area contributed by atoms with Crippen molar-refractivity contribution in [2.24, 2.45) is 0 Å². The average Bonchev–Trinajstić information content (AvgIpc) is 3.04. The molecule has 104 valence electrons. The Morgan fingerprint density at radius 2 is 2.10 bits per heavy atom. The molecule has 0 saturated carbocycles. The summed E-state index contributed by atoms with van der Waals surface area (Å²) in [5.74, 6) is 0. The highest BCUT2D eigenvalue weighted by molar-refractivity contribution is 9.10. The van der Waals surface area contributed by atoms with E-state index in [1.54, 1.807) is 12.5 Å². The molecule has 0 amide bonds. The molecule has 0 saturated heterocycles. The van der Waals surface area contributed by atoms with Crippen LogP contribution in [0.15, 0.2) is 23.5 Å². The maximum Gasteiger partial charge on any atom is 0.181 e. The smallest absolute Gasteiger partial charge is 0.181 e. The first kappa shape index (κ1) is 13.1. The van der Waals surface area contributed by atoms with Gasteiger partial charge in [0.15, 0.2) is 5.65 Å². The quantitative estimate of drug-likeness (QED) is 0.656. The summed E-state index contributed by atoms with van der Waals surface area (Å²) < 4.78 is 16.4. The van der Waals surface area contributed by atoms with Gasteiger partial charge in [0.1, 0.15) is 23.1 Å². The van der Waals surface area contributed by atoms with Crippen molar-refractivity contribution in [1.82, 2.24) is 34.5 Å². The van der Waals surface area contributed by atoms with Crippen LogP contribution in [-0.2, 0) is 19.5 Å². The van der Waals surface area contributed by atoms with Crippen molar-refractivity contribution in [3.05, 3.63) is 29.1 Å². The zero-order valence-electron chi connectivity index (χ0n) is 10.4. The molecule has 7 nitrogen and oxygen atoms in total. The van der Waals surface area contributed by atoms with Gasteiger partial charge >= 0.3 is 0 Å². The molecule has 3 aromatic rings. The number of fused-ring (bicyclic) bond motifs is 1. The fraction of sp³-hybridized carbons (Fsp3) is 0.364. The van der Waals surface area contributed by atoms with E-state index in [0.717, 1.165) is 11.2 Å². The molecule has 0 aromatic carbocycles. The Morgan fingerprint density at radius 1 is 1.20 bits per heavy atom. The van der Waals surface area contributed by atoms with Gasteiger partial charge in [0.25, 0.3) is 0 Å². The molecular weight excluding hydrogens is 329 g/mol. The second-order valence-corrected chi connectivity index (χ2v) is 4.94. The summed E-state index contributed by atoms with van der Waals surface area (Å²) in [5, 5.41) is 7.86. The zero-order valence-corrected chi connectivity index (χ0v) is 12.0. The molecule has 20 heavy (non-hydrogen) atoms. The van der Waals surface area contributed by atoms with Crippen LogP contribution in [0.5, 0.6) is 0 Å². The van der Waals surface area contributed by atoms with E-state index in [1.807, 2.05) is 4.57 Å². The molecule has 0 aliphatic heterocycles. The predicted octanol–water partition coefficient (Wildman–Crippen LogP) is 1.39. The van der Waals surface area contributed by atoms with Gasteiger partial charge in [0, 0.05) is 19.2 Å². The second kappa shape index (κ2) is 5.61. The third-order valence-corrected chi connectivity index (χ3v) is 3.45. The molecule has 3 aromatic heterocycles. The standard InChI is InChI=1S/C11H11BrFN7/c12-10-9-11(15-6-14-10)16-7-19(9)3-1-8-5-20(4-2-13)18-17-8/h5-7H,1-4H2. The Kier molecular flexibility index (Phi) is 3.68. The molecule has 0 aliphatic carbocycles. The number of rotatable bonds is 5. The van der Waals surface area contributed by atoms with Crippen molar-refractivity contribution in [2.45, 2.75) is 19.5 Å². The van der Waals surface area contributed by atoms with E-state index in [1.165, 1.54) is 11.0 Å². The third kappa shape index (κ3) is 2.53. The van der Waals surface area contributed by atoms with Gasteiger partial charge in [-0.25, -0.2) is 24.0 Å². The number of hydrogen-bond acceptors (Lipinski definition) is 5. The van der Waals surface area contributed by atoms with Crippen LogP contribution in [0.4, 0.5) is 4.39 Å². The predicted molar refractivity (Wildman–Crippen MR) is 72.7 cm³/mol. The van der Waals surface area contributed by atoms with E-state index < -0.39 is 6.67 Å². The van der Waals surface area contributed by atoms with Crippen LogP contribution < -0.4 is 0 Å². The van der Waals surface area contributed by atoms with Crippen LogP contribution in [0, 0.1) is 0 Å². The monoisotopic (exact) mass is 339 g/mol. The Hall–Kier alpha value is -1.90. The van der Waals surface area contributed by atoms with Crippen molar-refractivity contribution in [3.8, 4) is 0 Å². The fourth-order valence-corrected chi connectivity index (χ4v) is 2.42. The molecule has 3 rings (SSSR count). The van der Waals surface area contributed by atoms with Gasteiger partial charge in [-0.15, -0.1) is 5.10 Å². The Balaban J connectivity index is 1.76. The van der Waals surface area contributed by atoms with Crippen LogP contribution in [0.1, 0.15) is 5.69 Å². The number of hydrogen-bond donors (Lipinski definition) is 0. The summed E-state index contributed by atoms with van der Waals surface area (Å²) in [6, 6.07) is 0. The van der Waals surface area contributed by atoms with Crippen LogP contribution in [0.25, 0.3) is 11.2 Å². The van der Waals surface area contributed by atoms with Crippen molar-refractivity contribution < 1.29 is 4.39 Å². The number of halogens is 2. The minimum atomic E-state index is -0.445. The topological polar surface area (TPSA) is 74.3 Å². The van der Waals surface area contributed by atoms with Gasteiger partial charge in [0.05, 0.1) is 18.6 Å². The van der Waals surface area contributed by atoms with Crippen molar-refractivity contribution in [2.75, 3.05) is 6.67 Å². The summed E-state index contributed by atoms with van der Waals surface area (Å²) in [6.45, 7) is 0.469. The van der Waals surface area contributed by atoms with Crippen LogP contribution in [0.2, 0.25) is 0 Å². The number of aromatic nitrogens is 7. The highest BCUT2D eigenvalue weighted by Gasteiger charge is 2.09. The summed E-state index contributed by atoms with van der Waals surface area (Å²) in [6.07, 6.45) is 5.62. The van der Waals surface area contributed by atoms with Crippen LogP contribution >= 0.6 is 15.9 Å². The van der Waals surface area contributed by atoms with Crippen LogP contribution in [-0.4, -0.2) is 41.2 Å². The molecule has 9 heteroatoms. The molecule has 0 radical (unpaired) electrons. The summed E-state index contributed by atoms with van der Waals surface area (Å²) in [5.41, 5.74) is 2.31. The largest absolute Gasteiger partial charge is 0.327 e. The first-order valence-electron chi connectivity index (χ1n) is 6.04.